The standard InChI is InChI=1S/C21H25N3O4S2/c1-14(30(22,25)26)12-13-29-21-23-19(15-4-8-17(27-2)9-5-15)20(24-21)16-6-10-18(28-3)11-7-16/h4-11,14H,12-13H2,1-3H3,(H,23,24)(H2,22,25,26). The molecular formula is C21H25N3O4S2. The fraction of sp³-hybridized carbons (Fsp3) is 0.286. The van der Waals surface area contributed by atoms with Gasteiger partial charge in [-0.3, -0.25) is 0 Å². The van der Waals surface area contributed by atoms with Crippen molar-refractivity contribution in [2.75, 3.05) is 20.0 Å². The van der Waals surface area contributed by atoms with Gasteiger partial charge in [-0.05, 0) is 61.9 Å². The van der Waals surface area contributed by atoms with Gasteiger partial charge in [0.1, 0.15) is 11.5 Å². The Bertz CT molecular complexity index is 1010. The van der Waals surface area contributed by atoms with E-state index in [1.807, 2.05) is 48.5 Å². The summed E-state index contributed by atoms with van der Waals surface area (Å²) in [5.74, 6) is 2.12. The highest BCUT2D eigenvalue weighted by Crippen LogP contribution is 2.34. The van der Waals surface area contributed by atoms with E-state index >= 15 is 0 Å². The molecule has 0 amide bonds. The van der Waals surface area contributed by atoms with Gasteiger partial charge in [0.15, 0.2) is 5.16 Å². The predicted molar refractivity (Wildman–Crippen MR) is 120 cm³/mol. The third-order valence-electron chi connectivity index (χ3n) is 4.75. The maximum atomic E-state index is 11.4. The third kappa shape index (κ3) is 5.35. The van der Waals surface area contributed by atoms with Crippen LogP contribution in [0.25, 0.3) is 22.5 Å². The molecule has 2 aromatic carbocycles. The van der Waals surface area contributed by atoms with Crippen molar-refractivity contribution in [3.8, 4) is 34.0 Å². The van der Waals surface area contributed by atoms with Gasteiger partial charge >= 0.3 is 0 Å². The van der Waals surface area contributed by atoms with E-state index in [2.05, 4.69) is 4.98 Å². The number of aromatic amines is 1. The zero-order valence-corrected chi connectivity index (χ0v) is 18.7. The first-order valence-corrected chi connectivity index (χ1v) is 11.9. The number of ether oxygens (including phenoxy) is 2. The van der Waals surface area contributed by atoms with E-state index in [4.69, 9.17) is 19.6 Å². The fourth-order valence-electron chi connectivity index (χ4n) is 2.83. The molecule has 0 aliphatic carbocycles. The van der Waals surface area contributed by atoms with Crippen molar-refractivity contribution in [3.63, 3.8) is 0 Å². The average molecular weight is 448 g/mol. The van der Waals surface area contributed by atoms with Crippen LogP contribution >= 0.6 is 11.8 Å². The number of imidazole rings is 1. The Balaban J connectivity index is 1.90. The minimum absolute atomic E-state index is 0.444. The third-order valence-corrected chi connectivity index (χ3v) is 7.01. The van der Waals surface area contributed by atoms with Crippen molar-refractivity contribution in [2.24, 2.45) is 5.14 Å². The molecule has 3 rings (SSSR count). The smallest absolute Gasteiger partial charge is 0.211 e. The zero-order valence-electron chi connectivity index (χ0n) is 17.1. The van der Waals surface area contributed by atoms with E-state index in [0.29, 0.717) is 17.3 Å². The number of benzene rings is 2. The quantitative estimate of drug-likeness (QED) is 0.482. The number of nitrogens with zero attached hydrogens (tertiary/aromatic N) is 1. The first kappa shape index (κ1) is 22.2. The summed E-state index contributed by atoms with van der Waals surface area (Å²) < 4.78 is 33.4. The Morgan fingerprint density at radius 2 is 1.53 bits per heavy atom. The molecule has 1 aromatic heterocycles. The summed E-state index contributed by atoms with van der Waals surface area (Å²) in [7, 11) is -0.268. The van der Waals surface area contributed by atoms with Gasteiger partial charge in [-0.2, -0.15) is 0 Å². The van der Waals surface area contributed by atoms with Crippen LogP contribution in [0.1, 0.15) is 13.3 Å². The van der Waals surface area contributed by atoms with Crippen LogP contribution < -0.4 is 14.6 Å². The maximum Gasteiger partial charge on any atom is 0.211 e. The van der Waals surface area contributed by atoms with Crippen LogP contribution in [-0.4, -0.2) is 43.6 Å². The second kappa shape index (κ2) is 9.55. The molecule has 0 radical (unpaired) electrons. The number of sulfonamides is 1. The summed E-state index contributed by atoms with van der Waals surface area (Å²) >= 11 is 1.47. The Kier molecular flexibility index (Phi) is 7.06. The predicted octanol–water partition coefficient (Wildman–Crippen LogP) is 3.92. The number of rotatable bonds is 9. The van der Waals surface area contributed by atoms with E-state index in [-0.39, 0.29) is 0 Å². The first-order valence-electron chi connectivity index (χ1n) is 9.35. The number of hydrogen-bond acceptors (Lipinski definition) is 6. The van der Waals surface area contributed by atoms with E-state index < -0.39 is 15.3 Å². The largest absolute Gasteiger partial charge is 0.497 e. The highest BCUT2D eigenvalue weighted by atomic mass is 32.2. The Hall–Kier alpha value is -2.49. The van der Waals surface area contributed by atoms with Crippen LogP contribution in [0.4, 0.5) is 0 Å². The number of nitrogens with two attached hydrogens (primary N) is 1. The molecule has 1 atom stereocenters. The number of H-pyrrole nitrogens is 1. The van der Waals surface area contributed by atoms with Crippen molar-refractivity contribution >= 4 is 21.8 Å². The number of nitrogens with one attached hydrogen (secondary N) is 1. The van der Waals surface area contributed by atoms with Crippen LogP contribution in [0.5, 0.6) is 11.5 Å². The van der Waals surface area contributed by atoms with Gasteiger partial charge in [-0.15, -0.1) is 0 Å². The van der Waals surface area contributed by atoms with Crippen molar-refractivity contribution in [2.45, 2.75) is 23.8 Å². The van der Waals surface area contributed by atoms with Gasteiger partial charge < -0.3 is 14.5 Å². The first-order chi connectivity index (χ1) is 14.3. The summed E-state index contributed by atoms with van der Waals surface area (Å²) in [6.07, 6.45) is 0.444. The topological polar surface area (TPSA) is 107 Å². The zero-order chi connectivity index (χ0) is 21.7. The Morgan fingerprint density at radius 3 is 2.03 bits per heavy atom. The van der Waals surface area contributed by atoms with Crippen LogP contribution in [-0.2, 0) is 10.0 Å². The second-order valence-electron chi connectivity index (χ2n) is 6.76. The van der Waals surface area contributed by atoms with Gasteiger partial charge in [-0.25, -0.2) is 18.5 Å². The van der Waals surface area contributed by atoms with Crippen molar-refractivity contribution in [3.05, 3.63) is 48.5 Å². The fourth-order valence-corrected chi connectivity index (χ4v) is 4.42. The Labute approximate surface area is 181 Å². The van der Waals surface area contributed by atoms with Crippen LogP contribution in [0.15, 0.2) is 53.7 Å². The summed E-state index contributed by atoms with van der Waals surface area (Å²) in [6.45, 7) is 1.61. The van der Waals surface area contributed by atoms with Crippen molar-refractivity contribution in [1.82, 2.24) is 9.97 Å². The van der Waals surface area contributed by atoms with Gasteiger partial charge in [0.2, 0.25) is 10.0 Å². The van der Waals surface area contributed by atoms with Crippen molar-refractivity contribution in [1.29, 1.82) is 0 Å². The molecule has 7 nitrogen and oxygen atoms in total. The van der Waals surface area contributed by atoms with Crippen molar-refractivity contribution < 1.29 is 17.9 Å². The second-order valence-corrected chi connectivity index (χ2v) is 9.83. The number of thioether (sulfide) groups is 1. The van der Waals surface area contributed by atoms with Crippen LogP contribution in [0, 0.1) is 0 Å². The molecule has 0 aliphatic rings. The summed E-state index contributed by atoms with van der Waals surface area (Å²) in [6, 6.07) is 15.4. The van der Waals surface area contributed by atoms with Gasteiger partial charge in [0.05, 0.1) is 30.9 Å². The average Bonchev–Trinajstić information content (AvgIpc) is 3.17. The lowest BCUT2D eigenvalue weighted by Crippen LogP contribution is -2.26. The lowest BCUT2D eigenvalue weighted by atomic mass is 10.0. The number of methoxy groups -OCH3 is 2. The molecule has 0 fully saturated rings. The molecule has 9 heteroatoms. The highest BCUT2D eigenvalue weighted by molar-refractivity contribution is 7.99. The molecule has 3 aromatic rings. The Morgan fingerprint density at radius 1 is 1.00 bits per heavy atom. The molecule has 0 spiro atoms. The minimum Gasteiger partial charge on any atom is -0.497 e. The van der Waals surface area contributed by atoms with E-state index in [1.165, 1.54) is 11.8 Å². The molecular weight excluding hydrogens is 422 g/mol. The summed E-state index contributed by atoms with van der Waals surface area (Å²) in [5.41, 5.74) is 3.61. The molecule has 0 aliphatic heterocycles. The summed E-state index contributed by atoms with van der Waals surface area (Å²) in [4.78, 5) is 8.14. The van der Waals surface area contributed by atoms with Gasteiger partial charge in [0.25, 0.3) is 0 Å². The summed E-state index contributed by atoms with van der Waals surface area (Å²) in [5, 5.41) is 5.33. The molecule has 1 heterocycles. The molecule has 3 N–H and O–H groups in total. The lowest BCUT2D eigenvalue weighted by molar-refractivity contribution is 0.414. The normalized spacial score (nSPS) is 12.5. The monoisotopic (exact) mass is 447 g/mol. The molecule has 0 saturated carbocycles. The van der Waals surface area contributed by atoms with E-state index in [1.54, 1.807) is 21.1 Å². The van der Waals surface area contributed by atoms with Gasteiger partial charge in [-0.1, -0.05) is 11.8 Å². The van der Waals surface area contributed by atoms with E-state index in [0.717, 1.165) is 34.0 Å². The lowest BCUT2D eigenvalue weighted by Gasteiger charge is -2.07. The number of primary sulfonamides is 1. The van der Waals surface area contributed by atoms with Gasteiger partial charge in [0, 0.05) is 16.9 Å². The molecule has 0 saturated heterocycles. The van der Waals surface area contributed by atoms with Crippen LogP contribution in [0.2, 0.25) is 0 Å². The highest BCUT2D eigenvalue weighted by Gasteiger charge is 2.18. The molecule has 30 heavy (non-hydrogen) atoms. The molecule has 160 valence electrons. The number of aromatic nitrogens is 2. The SMILES string of the molecule is COc1ccc(-c2nc(SCCC(C)S(N)(=O)=O)[nH]c2-c2ccc(OC)cc2)cc1. The maximum absolute atomic E-state index is 11.4. The molecule has 1 unspecified atom stereocenters. The number of hydrogen-bond donors (Lipinski definition) is 2. The molecule has 0 bridgehead atoms. The minimum atomic E-state index is -3.53. The van der Waals surface area contributed by atoms with E-state index in [9.17, 15) is 8.42 Å². The van der Waals surface area contributed by atoms with Crippen LogP contribution in [0.3, 0.4) is 0 Å².